The van der Waals surface area contributed by atoms with Crippen molar-refractivity contribution in [2.45, 2.75) is 63.8 Å². The van der Waals surface area contributed by atoms with Crippen LogP contribution < -0.4 is 16.0 Å². The van der Waals surface area contributed by atoms with Gasteiger partial charge in [-0.15, -0.1) is 0 Å². The Kier molecular flexibility index (Phi) is 7.35. The molecular weight excluding hydrogens is 284 g/mol. The fourth-order valence-electron chi connectivity index (χ4n) is 2.41. The number of carbonyl (C=O) groups excluding carboxylic acids is 1. The molecule has 0 aromatic rings. The molecule has 122 valence electrons. The van der Waals surface area contributed by atoms with E-state index in [1.54, 1.807) is 0 Å². The monoisotopic (exact) mass is 314 g/mol. The SMILES string of the molecule is CCNC(=NCC(=O)NC(C)(C)C)NC1CCC(SC)C1. The lowest BCUT2D eigenvalue weighted by Gasteiger charge is -2.20. The molecule has 0 radical (unpaired) electrons. The standard InChI is InChI=1S/C15H30N4OS/c1-6-16-14(17-10-13(20)19-15(2,3)4)18-11-7-8-12(9-11)21-5/h11-12H,6-10H2,1-5H3,(H,19,20)(H2,16,17,18). The molecule has 21 heavy (non-hydrogen) atoms. The van der Waals surface area contributed by atoms with Gasteiger partial charge in [-0.2, -0.15) is 11.8 Å². The maximum absolute atomic E-state index is 11.8. The summed E-state index contributed by atoms with van der Waals surface area (Å²) in [6.45, 7) is 8.90. The van der Waals surface area contributed by atoms with E-state index in [1.807, 2.05) is 39.5 Å². The number of carbonyl (C=O) groups is 1. The molecule has 1 amide bonds. The summed E-state index contributed by atoms with van der Waals surface area (Å²) in [6, 6.07) is 0.464. The van der Waals surface area contributed by atoms with Crippen molar-refractivity contribution in [3.63, 3.8) is 0 Å². The highest BCUT2D eigenvalue weighted by atomic mass is 32.2. The Morgan fingerprint density at radius 2 is 2.05 bits per heavy atom. The van der Waals surface area contributed by atoms with Crippen LogP contribution in [0.3, 0.4) is 0 Å². The third-order valence-corrected chi connectivity index (χ3v) is 4.39. The summed E-state index contributed by atoms with van der Waals surface area (Å²) in [5.74, 6) is 0.696. The number of hydrogen-bond donors (Lipinski definition) is 3. The van der Waals surface area contributed by atoms with Crippen molar-refractivity contribution >= 4 is 23.6 Å². The van der Waals surface area contributed by atoms with Crippen LogP contribution in [-0.4, -0.2) is 48.0 Å². The summed E-state index contributed by atoms with van der Waals surface area (Å²) in [4.78, 5) is 16.2. The van der Waals surface area contributed by atoms with Gasteiger partial charge in [0.2, 0.25) is 5.91 Å². The third-order valence-electron chi connectivity index (χ3n) is 3.30. The lowest BCUT2D eigenvalue weighted by atomic mass is 10.1. The van der Waals surface area contributed by atoms with Crippen molar-refractivity contribution in [2.24, 2.45) is 4.99 Å². The van der Waals surface area contributed by atoms with Gasteiger partial charge in [-0.05, 0) is 53.2 Å². The van der Waals surface area contributed by atoms with Gasteiger partial charge in [0.25, 0.3) is 0 Å². The molecule has 2 atom stereocenters. The summed E-state index contributed by atoms with van der Waals surface area (Å²) in [5.41, 5.74) is -0.213. The number of rotatable bonds is 5. The highest BCUT2D eigenvalue weighted by Crippen LogP contribution is 2.27. The Balaban J connectivity index is 2.48. The molecule has 1 saturated carbocycles. The first kappa shape index (κ1) is 18.1. The van der Waals surface area contributed by atoms with Crippen LogP contribution in [0.5, 0.6) is 0 Å². The van der Waals surface area contributed by atoms with Crippen molar-refractivity contribution in [3.05, 3.63) is 0 Å². The summed E-state index contributed by atoms with van der Waals surface area (Å²) in [6.07, 6.45) is 5.76. The third kappa shape index (κ3) is 7.60. The van der Waals surface area contributed by atoms with E-state index in [0.29, 0.717) is 6.04 Å². The minimum Gasteiger partial charge on any atom is -0.357 e. The quantitative estimate of drug-likeness (QED) is 0.534. The van der Waals surface area contributed by atoms with Gasteiger partial charge in [0, 0.05) is 23.4 Å². The van der Waals surface area contributed by atoms with E-state index in [0.717, 1.165) is 17.8 Å². The zero-order valence-electron chi connectivity index (χ0n) is 14.0. The summed E-state index contributed by atoms with van der Waals surface area (Å²) in [7, 11) is 0. The topological polar surface area (TPSA) is 65.5 Å². The zero-order valence-corrected chi connectivity index (χ0v) is 14.8. The molecule has 0 aromatic carbocycles. The summed E-state index contributed by atoms with van der Waals surface area (Å²) in [5, 5.41) is 10.3. The van der Waals surface area contributed by atoms with Gasteiger partial charge in [-0.3, -0.25) is 4.79 Å². The van der Waals surface area contributed by atoms with Crippen LogP contribution in [0.1, 0.15) is 47.0 Å². The van der Waals surface area contributed by atoms with E-state index in [2.05, 4.69) is 27.2 Å². The second kappa shape index (κ2) is 8.51. The minimum absolute atomic E-state index is 0.0480. The molecule has 2 unspecified atom stereocenters. The van der Waals surface area contributed by atoms with Crippen LogP contribution in [0.15, 0.2) is 4.99 Å². The molecule has 0 aromatic heterocycles. The van der Waals surface area contributed by atoms with Crippen molar-refractivity contribution in [1.82, 2.24) is 16.0 Å². The van der Waals surface area contributed by atoms with Gasteiger partial charge in [0.15, 0.2) is 5.96 Å². The maximum atomic E-state index is 11.8. The van der Waals surface area contributed by atoms with Crippen molar-refractivity contribution in [2.75, 3.05) is 19.3 Å². The van der Waals surface area contributed by atoms with Crippen LogP contribution in [0.2, 0.25) is 0 Å². The lowest BCUT2D eigenvalue weighted by Crippen LogP contribution is -2.45. The Hall–Kier alpha value is -0.910. The van der Waals surface area contributed by atoms with Crippen LogP contribution >= 0.6 is 11.8 Å². The summed E-state index contributed by atoms with van der Waals surface area (Å²) < 4.78 is 0. The Morgan fingerprint density at radius 3 is 2.57 bits per heavy atom. The highest BCUT2D eigenvalue weighted by Gasteiger charge is 2.24. The van der Waals surface area contributed by atoms with Crippen LogP contribution in [0, 0.1) is 0 Å². The molecule has 5 nitrogen and oxygen atoms in total. The molecular formula is C15H30N4OS. The average Bonchev–Trinajstić information content (AvgIpc) is 2.82. The first-order valence-electron chi connectivity index (χ1n) is 7.72. The van der Waals surface area contributed by atoms with Crippen molar-refractivity contribution in [1.29, 1.82) is 0 Å². The second-order valence-corrected chi connectivity index (χ2v) is 7.64. The first-order chi connectivity index (χ1) is 9.84. The van der Waals surface area contributed by atoms with Gasteiger partial charge in [0.1, 0.15) is 6.54 Å². The van der Waals surface area contributed by atoms with Gasteiger partial charge < -0.3 is 16.0 Å². The van der Waals surface area contributed by atoms with Crippen molar-refractivity contribution < 1.29 is 4.79 Å². The van der Waals surface area contributed by atoms with E-state index in [9.17, 15) is 4.79 Å². The molecule has 0 aliphatic heterocycles. The minimum atomic E-state index is -0.213. The van der Waals surface area contributed by atoms with Gasteiger partial charge in [-0.25, -0.2) is 4.99 Å². The van der Waals surface area contributed by atoms with Crippen LogP contribution in [-0.2, 0) is 4.79 Å². The van der Waals surface area contributed by atoms with E-state index >= 15 is 0 Å². The van der Waals surface area contributed by atoms with Crippen molar-refractivity contribution in [3.8, 4) is 0 Å². The molecule has 1 rings (SSSR count). The predicted octanol–water partition coefficient (Wildman–Crippen LogP) is 1.74. The lowest BCUT2D eigenvalue weighted by molar-refractivity contribution is -0.121. The van der Waals surface area contributed by atoms with E-state index in [4.69, 9.17) is 0 Å². The second-order valence-electron chi connectivity index (χ2n) is 6.51. The molecule has 6 heteroatoms. The fourth-order valence-corrected chi connectivity index (χ4v) is 3.20. The normalized spacial score (nSPS) is 23.0. The predicted molar refractivity (Wildman–Crippen MR) is 92.0 cm³/mol. The number of guanidine groups is 1. The largest absolute Gasteiger partial charge is 0.357 e. The zero-order chi connectivity index (χ0) is 15.9. The fraction of sp³-hybridized carbons (Fsp3) is 0.867. The molecule has 0 bridgehead atoms. The van der Waals surface area contributed by atoms with E-state index in [-0.39, 0.29) is 18.0 Å². The van der Waals surface area contributed by atoms with Gasteiger partial charge in [-0.1, -0.05) is 0 Å². The Morgan fingerprint density at radius 1 is 1.33 bits per heavy atom. The summed E-state index contributed by atoms with van der Waals surface area (Å²) >= 11 is 1.94. The molecule has 1 fully saturated rings. The van der Waals surface area contributed by atoms with E-state index < -0.39 is 0 Å². The molecule has 0 heterocycles. The van der Waals surface area contributed by atoms with Gasteiger partial charge >= 0.3 is 0 Å². The Bertz CT molecular complexity index is 365. The number of thioether (sulfide) groups is 1. The molecule has 1 aliphatic rings. The molecule has 0 saturated heterocycles. The number of amides is 1. The smallest absolute Gasteiger partial charge is 0.242 e. The average molecular weight is 314 g/mol. The highest BCUT2D eigenvalue weighted by molar-refractivity contribution is 7.99. The molecule has 1 aliphatic carbocycles. The number of nitrogens with one attached hydrogen (secondary N) is 3. The Labute approximate surface area is 133 Å². The maximum Gasteiger partial charge on any atom is 0.242 e. The van der Waals surface area contributed by atoms with Crippen LogP contribution in [0.4, 0.5) is 0 Å². The first-order valence-corrected chi connectivity index (χ1v) is 9.01. The number of hydrogen-bond acceptors (Lipinski definition) is 3. The van der Waals surface area contributed by atoms with Crippen LogP contribution in [0.25, 0.3) is 0 Å². The number of nitrogens with zero attached hydrogens (tertiary/aromatic N) is 1. The van der Waals surface area contributed by atoms with E-state index in [1.165, 1.54) is 19.3 Å². The number of aliphatic imine (C=N–C) groups is 1. The van der Waals surface area contributed by atoms with Gasteiger partial charge in [0.05, 0.1) is 0 Å². The molecule has 0 spiro atoms. The molecule has 3 N–H and O–H groups in total.